The molecule has 11 nitrogen and oxygen atoms in total. The summed E-state index contributed by atoms with van der Waals surface area (Å²) in [6, 6.07) is 2.06. The van der Waals surface area contributed by atoms with E-state index in [9.17, 15) is 10.1 Å². The molecule has 3 fully saturated rings. The van der Waals surface area contributed by atoms with Crippen LogP contribution in [0.1, 0.15) is 60.3 Å². The number of nitrogens with two attached hydrogens (primary N) is 1. The number of ether oxygens (including phenoxy) is 1. The third-order valence-electron chi connectivity index (χ3n) is 10.9. The molecule has 266 valence electrons. The van der Waals surface area contributed by atoms with Crippen LogP contribution < -0.4 is 30.9 Å². The second-order valence-corrected chi connectivity index (χ2v) is 15.2. The quantitative estimate of drug-likeness (QED) is 0.287. The van der Waals surface area contributed by atoms with Gasteiger partial charge in [0.25, 0.3) is 0 Å². The highest BCUT2D eigenvalue weighted by atomic mass is 35.5. The number of thiophene rings is 1. The van der Waals surface area contributed by atoms with Crippen LogP contribution in [0.4, 0.5) is 19.6 Å². The fourth-order valence-corrected chi connectivity index (χ4v) is 9.66. The number of nitrogens with zero attached hydrogens (tertiary/aromatic N) is 6. The molecule has 0 radical (unpaired) electrons. The molecule has 0 saturated carbocycles. The van der Waals surface area contributed by atoms with Gasteiger partial charge in [-0.25, -0.2) is 13.6 Å². The van der Waals surface area contributed by atoms with Crippen LogP contribution in [0.25, 0.3) is 22.8 Å². The summed E-state index contributed by atoms with van der Waals surface area (Å²) in [7, 11) is 0. The van der Waals surface area contributed by atoms with Crippen LogP contribution >= 0.6 is 22.9 Å². The Balaban J connectivity index is 1.27. The molecule has 1 atom stereocenters. The molecular weight excluding hydrogens is 700 g/mol. The Morgan fingerprint density at radius 3 is 2.75 bits per heavy atom. The zero-order valence-electron chi connectivity index (χ0n) is 28.1. The van der Waals surface area contributed by atoms with Crippen molar-refractivity contribution in [2.24, 2.45) is 0 Å². The Morgan fingerprint density at radius 2 is 2.04 bits per heavy atom. The van der Waals surface area contributed by atoms with Gasteiger partial charge in [0.2, 0.25) is 0 Å². The third-order valence-corrected chi connectivity index (χ3v) is 12.4. The summed E-state index contributed by atoms with van der Waals surface area (Å²) in [6.07, 6.45) is 7.76. The van der Waals surface area contributed by atoms with Gasteiger partial charge in [0, 0.05) is 36.5 Å². The summed E-state index contributed by atoms with van der Waals surface area (Å²) < 4.78 is 48.9. The van der Waals surface area contributed by atoms with Crippen molar-refractivity contribution in [2.45, 2.75) is 63.6 Å². The van der Waals surface area contributed by atoms with E-state index >= 15 is 8.78 Å². The molecule has 1 unspecified atom stereocenters. The number of allylic oxidation sites excluding steroid dienone is 1. The van der Waals surface area contributed by atoms with E-state index in [1.165, 1.54) is 6.08 Å². The van der Waals surface area contributed by atoms with Crippen LogP contribution in [0.2, 0.25) is 5.02 Å². The first-order valence-corrected chi connectivity index (χ1v) is 18.3. The Labute approximate surface area is 300 Å². The first kappa shape index (κ1) is 33.8. The number of rotatable bonds is 7. The van der Waals surface area contributed by atoms with Crippen molar-refractivity contribution in [3.8, 4) is 12.1 Å². The van der Waals surface area contributed by atoms with Crippen LogP contribution in [0, 0.1) is 24.1 Å². The SMILES string of the molecule is C=C/C(F)=c1/sc(N)c(C#N)/c1=C\c1c(Cl)c2c3c(nc(OCC45CCCN4CCC5)nc3c1F)N1CCN(Cc3oc(=O)oc3C)CC1CC2. The predicted molar refractivity (Wildman–Crippen MR) is 190 cm³/mol. The van der Waals surface area contributed by atoms with Crippen molar-refractivity contribution in [1.29, 1.82) is 5.26 Å². The molecule has 1 aromatic carbocycles. The maximum Gasteiger partial charge on any atom is 0.519 e. The van der Waals surface area contributed by atoms with Gasteiger partial charge in [-0.3, -0.25) is 9.80 Å². The third kappa shape index (κ3) is 5.71. The average molecular weight is 736 g/mol. The van der Waals surface area contributed by atoms with Gasteiger partial charge in [-0.15, -0.1) is 11.3 Å². The van der Waals surface area contributed by atoms with Crippen LogP contribution in [0.5, 0.6) is 6.01 Å². The van der Waals surface area contributed by atoms with Crippen molar-refractivity contribution in [1.82, 2.24) is 19.8 Å². The van der Waals surface area contributed by atoms with Crippen molar-refractivity contribution in [2.75, 3.05) is 50.0 Å². The summed E-state index contributed by atoms with van der Waals surface area (Å²) in [4.78, 5) is 28.2. The molecule has 8 rings (SSSR count). The number of piperazine rings is 1. The van der Waals surface area contributed by atoms with E-state index in [-0.39, 0.29) is 54.0 Å². The molecule has 0 spiro atoms. The lowest BCUT2D eigenvalue weighted by Gasteiger charge is -2.41. The van der Waals surface area contributed by atoms with Gasteiger partial charge >= 0.3 is 11.8 Å². The lowest BCUT2D eigenvalue weighted by atomic mass is 9.95. The van der Waals surface area contributed by atoms with Crippen LogP contribution in [0.15, 0.2) is 26.3 Å². The first-order chi connectivity index (χ1) is 24.6. The molecule has 0 aliphatic carbocycles. The van der Waals surface area contributed by atoms with Gasteiger partial charge in [0.15, 0.2) is 11.6 Å². The minimum atomic E-state index is -0.728. The summed E-state index contributed by atoms with van der Waals surface area (Å²) in [5.74, 6) is -0.665. The number of nitriles is 1. The monoisotopic (exact) mass is 735 g/mol. The lowest BCUT2D eigenvalue weighted by Crippen LogP contribution is -2.53. The summed E-state index contributed by atoms with van der Waals surface area (Å²) >= 11 is 8.00. The van der Waals surface area contributed by atoms with Crippen molar-refractivity contribution < 1.29 is 22.4 Å². The molecular formula is C36H36ClF2N7O4S. The van der Waals surface area contributed by atoms with Gasteiger partial charge in [-0.2, -0.15) is 15.2 Å². The van der Waals surface area contributed by atoms with Gasteiger partial charge in [-0.1, -0.05) is 18.2 Å². The van der Waals surface area contributed by atoms with Crippen molar-refractivity contribution in [3.05, 3.63) is 72.1 Å². The van der Waals surface area contributed by atoms with E-state index in [1.807, 2.05) is 6.07 Å². The molecule has 15 heteroatoms. The Hall–Kier alpha value is -4.29. The Kier molecular flexibility index (Phi) is 8.65. The minimum absolute atomic E-state index is 0.0227. The average Bonchev–Trinajstić information content (AvgIpc) is 3.84. The van der Waals surface area contributed by atoms with E-state index in [0.717, 1.165) is 56.2 Å². The Morgan fingerprint density at radius 1 is 1.25 bits per heavy atom. The van der Waals surface area contributed by atoms with Crippen LogP contribution in [-0.2, 0) is 13.0 Å². The van der Waals surface area contributed by atoms with Crippen LogP contribution in [0.3, 0.4) is 0 Å². The first-order valence-electron chi connectivity index (χ1n) is 17.1. The number of hydrogen-bond donors (Lipinski definition) is 1. The maximum atomic E-state index is 17.1. The summed E-state index contributed by atoms with van der Waals surface area (Å²) in [5.41, 5.74) is 6.73. The number of nitrogen functional groups attached to an aromatic ring is 1. The van der Waals surface area contributed by atoms with Crippen LogP contribution in [-0.4, -0.2) is 70.7 Å². The number of halogens is 3. The number of anilines is 2. The van der Waals surface area contributed by atoms with Gasteiger partial charge in [0.05, 0.1) is 32.6 Å². The summed E-state index contributed by atoms with van der Waals surface area (Å²) in [6.45, 7) is 9.86. The molecule has 2 N–H and O–H groups in total. The topological polar surface area (TPSA) is 138 Å². The number of aryl methyl sites for hydroxylation is 2. The second kappa shape index (κ2) is 13.0. The zero-order chi connectivity index (χ0) is 35.6. The number of fused-ring (bicyclic) bond motifs is 3. The van der Waals surface area contributed by atoms with Gasteiger partial charge < -0.3 is 24.2 Å². The van der Waals surface area contributed by atoms with Crippen molar-refractivity contribution in [3.63, 3.8) is 0 Å². The Bertz CT molecular complexity index is 2300. The van der Waals surface area contributed by atoms with E-state index in [1.54, 1.807) is 6.92 Å². The van der Waals surface area contributed by atoms with Gasteiger partial charge in [-0.05, 0) is 76.3 Å². The van der Waals surface area contributed by atoms with E-state index in [2.05, 4.69) is 21.3 Å². The fourth-order valence-electron chi connectivity index (χ4n) is 8.41. The van der Waals surface area contributed by atoms with Gasteiger partial charge in [0.1, 0.15) is 40.6 Å². The molecule has 4 aromatic rings. The second-order valence-electron chi connectivity index (χ2n) is 13.7. The van der Waals surface area contributed by atoms with E-state index < -0.39 is 17.5 Å². The molecule has 0 amide bonds. The smallest absolute Gasteiger partial charge is 0.461 e. The highest BCUT2D eigenvalue weighted by Gasteiger charge is 2.45. The minimum Gasteiger partial charge on any atom is -0.461 e. The van der Waals surface area contributed by atoms with E-state index in [0.29, 0.717) is 73.9 Å². The normalized spacial score (nSPS) is 21.0. The predicted octanol–water partition coefficient (Wildman–Crippen LogP) is 4.53. The maximum absolute atomic E-state index is 17.1. The number of hydrogen-bond acceptors (Lipinski definition) is 12. The molecule has 7 heterocycles. The molecule has 51 heavy (non-hydrogen) atoms. The fraction of sp³-hybridized carbons (Fsp3) is 0.444. The number of aromatic nitrogens is 2. The summed E-state index contributed by atoms with van der Waals surface area (Å²) in [5, 5.41) is 10.8. The highest BCUT2D eigenvalue weighted by molar-refractivity contribution is 7.14. The molecule has 3 aromatic heterocycles. The molecule has 3 saturated heterocycles. The molecule has 4 aliphatic rings. The zero-order valence-corrected chi connectivity index (χ0v) is 29.6. The largest absolute Gasteiger partial charge is 0.519 e. The van der Waals surface area contributed by atoms with Crippen molar-refractivity contribution >= 4 is 56.6 Å². The number of benzene rings is 1. The standard InChI is InChI=1S/C36H36ClF2N7O4S/c1-3-25(38)31-22(24(15-40)32(41)51-31)14-23-28(37)21-7-6-20-16-44(17-26-19(2)49-35(47)50-26)12-13-46(20)33-27(21)30(29(23)39)42-34(43-33)48-18-36-8-4-10-45(36)11-5-9-36/h3,14,20H,1,4-13,16-18,41H2,2H3/b22-14+,31-25-. The molecule has 4 aliphatic heterocycles. The highest BCUT2D eigenvalue weighted by Crippen LogP contribution is 2.43. The van der Waals surface area contributed by atoms with E-state index in [4.69, 9.17) is 40.9 Å². The molecule has 0 bridgehead atoms. The lowest BCUT2D eigenvalue weighted by molar-refractivity contribution is 0.107.